The van der Waals surface area contributed by atoms with E-state index in [1.165, 1.54) is 19.3 Å². The van der Waals surface area contributed by atoms with Gasteiger partial charge in [0, 0.05) is 24.3 Å². The number of amides is 1. The van der Waals surface area contributed by atoms with Crippen molar-refractivity contribution in [2.45, 2.75) is 45.6 Å². The summed E-state index contributed by atoms with van der Waals surface area (Å²) in [4.78, 5) is 14.4. The molecular weight excluding hydrogens is 254 g/mol. The minimum absolute atomic E-state index is 0.199. The smallest absolute Gasteiger partial charge is 0.227 e. The maximum Gasteiger partial charge on any atom is 0.227 e. The third kappa shape index (κ3) is 2.59. The van der Waals surface area contributed by atoms with Crippen molar-refractivity contribution in [2.24, 2.45) is 5.92 Å². The van der Waals surface area contributed by atoms with Crippen molar-refractivity contribution in [2.75, 3.05) is 19.7 Å². The average molecular weight is 277 g/mol. The van der Waals surface area contributed by atoms with Gasteiger partial charge >= 0.3 is 0 Å². The highest BCUT2D eigenvalue weighted by Crippen LogP contribution is 2.32. The van der Waals surface area contributed by atoms with Crippen LogP contribution in [-0.4, -0.2) is 46.8 Å². The summed E-state index contributed by atoms with van der Waals surface area (Å²) in [7, 11) is 0. The molecule has 5 heteroatoms. The summed E-state index contributed by atoms with van der Waals surface area (Å²) in [5, 5.41) is 7.10. The van der Waals surface area contributed by atoms with Crippen molar-refractivity contribution in [3.05, 3.63) is 17.0 Å². The summed E-state index contributed by atoms with van der Waals surface area (Å²) in [6.45, 7) is 6.08. The minimum Gasteiger partial charge on any atom is -0.374 e. The van der Waals surface area contributed by atoms with Crippen LogP contribution in [0.3, 0.4) is 0 Å². The van der Waals surface area contributed by atoms with Gasteiger partial charge in [0.25, 0.3) is 0 Å². The van der Waals surface area contributed by atoms with Crippen molar-refractivity contribution < 1.29 is 9.53 Å². The largest absolute Gasteiger partial charge is 0.374 e. The number of carbonyl (C=O) groups excluding carboxylic acids is 1. The average Bonchev–Trinajstić information content (AvgIpc) is 2.69. The van der Waals surface area contributed by atoms with Gasteiger partial charge in [-0.25, -0.2) is 0 Å². The van der Waals surface area contributed by atoms with E-state index < -0.39 is 0 Å². The quantitative estimate of drug-likeness (QED) is 0.913. The molecule has 110 valence electrons. The Hall–Kier alpha value is -1.36. The number of morpholine rings is 1. The summed E-state index contributed by atoms with van der Waals surface area (Å²) in [5.41, 5.74) is 2.97. The zero-order chi connectivity index (χ0) is 14.1. The number of nitrogens with zero attached hydrogens (tertiary/aromatic N) is 2. The van der Waals surface area contributed by atoms with Gasteiger partial charge in [0.15, 0.2) is 0 Å². The second-order valence-corrected chi connectivity index (χ2v) is 6.03. The Bertz CT molecular complexity index is 474. The molecule has 2 fully saturated rings. The summed E-state index contributed by atoms with van der Waals surface area (Å²) < 4.78 is 5.83. The summed E-state index contributed by atoms with van der Waals surface area (Å²) >= 11 is 0. The fourth-order valence-electron chi connectivity index (χ4n) is 3.10. The first-order valence-electron chi connectivity index (χ1n) is 7.55. The third-order valence-corrected chi connectivity index (χ3v) is 4.73. The summed E-state index contributed by atoms with van der Waals surface area (Å²) in [5.74, 6) is 0.869. The molecule has 3 rings (SSSR count). The van der Waals surface area contributed by atoms with Crippen LogP contribution in [0.1, 0.15) is 36.2 Å². The number of ether oxygens (including phenoxy) is 1. The lowest BCUT2D eigenvalue weighted by Crippen LogP contribution is -2.49. The Morgan fingerprint density at radius 1 is 1.45 bits per heavy atom. The number of H-pyrrole nitrogens is 1. The second-order valence-electron chi connectivity index (χ2n) is 6.03. The number of carbonyl (C=O) groups is 1. The zero-order valence-electron chi connectivity index (χ0n) is 12.3. The van der Waals surface area contributed by atoms with Gasteiger partial charge in [-0.1, -0.05) is 6.42 Å². The first-order valence-corrected chi connectivity index (χ1v) is 7.55. The molecule has 1 N–H and O–H groups in total. The van der Waals surface area contributed by atoms with Crippen LogP contribution in [0.5, 0.6) is 0 Å². The SMILES string of the molecule is Cc1n[nH]c(C)c1CC(=O)N1CCOC(C2CCC2)C1. The van der Waals surface area contributed by atoms with E-state index in [0.717, 1.165) is 30.0 Å². The maximum absolute atomic E-state index is 12.5. The van der Waals surface area contributed by atoms with E-state index >= 15 is 0 Å². The Morgan fingerprint density at radius 2 is 2.25 bits per heavy atom. The Kier molecular flexibility index (Phi) is 3.78. The minimum atomic E-state index is 0.199. The molecule has 0 bridgehead atoms. The standard InChI is InChI=1S/C15H23N3O2/c1-10-13(11(2)17-16-10)8-15(19)18-6-7-20-14(9-18)12-4-3-5-12/h12,14H,3-9H2,1-2H3,(H,16,17). The van der Waals surface area contributed by atoms with Crippen LogP contribution < -0.4 is 0 Å². The molecule has 0 aromatic carbocycles. The Balaban J connectivity index is 1.61. The van der Waals surface area contributed by atoms with E-state index in [-0.39, 0.29) is 12.0 Å². The predicted molar refractivity (Wildman–Crippen MR) is 75.4 cm³/mol. The van der Waals surface area contributed by atoms with E-state index in [9.17, 15) is 4.79 Å². The molecule has 2 aliphatic rings. The van der Waals surface area contributed by atoms with Crippen molar-refractivity contribution in [3.8, 4) is 0 Å². The van der Waals surface area contributed by atoms with Gasteiger partial charge in [-0.15, -0.1) is 0 Å². The summed E-state index contributed by atoms with van der Waals surface area (Å²) in [6, 6.07) is 0. The van der Waals surface area contributed by atoms with E-state index in [4.69, 9.17) is 4.74 Å². The first-order chi connectivity index (χ1) is 9.65. The fourth-order valence-corrected chi connectivity index (χ4v) is 3.10. The number of hydrogen-bond acceptors (Lipinski definition) is 3. The monoisotopic (exact) mass is 277 g/mol. The van der Waals surface area contributed by atoms with E-state index in [2.05, 4.69) is 10.2 Å². The predicted octanol–water partition coefficient (Wildman–Crippen LogP) is 1.60. The van der Waals surface area contributed by atoms with Crippen LogP contribution in [0, 0.1) is 19.8 Å². The molecule has 1 unspecified atom stereocenters. The van der Waals surface area contributed by atoms with Crippen molar-refractivity contribution in [3.63, 3.8) is 0 Å². The lowest BCUT2D eigenvalue weighted by Gasteiger charge is -2.40. The number of aromatic nitrogens is 2. The van der Waals surface area contributed by atoms with Gasteiger partial charge in [0.05, 0.1) is 24.8 Å². The van der Waals surface area contributed by atoms with Crippen LogP contribution in [-0.2, 0) is 16.0 Å². The molecule has 1 saturated heterocycles. The van der Waals surface area contributed by atoms with Gasteiger partial charge in [-0.2, -0.15) is 5.10 Å². The van der Waals surface area contributed by atoms with Gasteiger partial charge in [-0.05, 0) is 32.6 Å². The highest BCUT2D eigenvalue weighted by Gasteiger charge is 2.33. The van der Waals surface area contributed by atoms with E-state index in [1.54, 1.807) is 0 Å². The molecule has 5 nitrogen and oxygen atoms in total. The number of aromatic amines is 1. The molecule has 0 radical (unpaired) electrons. The van der Waals surface area contributed by atoms with Crippen LogP contribution >= 0.6 is 0 Å². The molecule has 1 aromatic rings. The number of aryl methyl sites for hydroxylation is 2. The molecule has 1 aliphatic heterocycles. The van der Waals surface area contributed by atoms with Crippen LogP contribution in [0.15, 0.2) is 0 Å². The molecule has 20 heavy (non-hydrogen) atoms. The van der Waals surface area contributed by atoms with Crippen molar-refractivity contribution in [1.82, 2.24) is 15.1 Å². The number of hydrogen-bond donors (Lipinski definition) is 1. The Labute approximate surface area is 119 Å². The van der Waals surface area contributed by atoms with Gasteiger partial charge < -0.3 is 9.64 Å². The molecule has 2 heterocycles. The van der Waals surface area contributed by atoms with Crippen molar-refractivity contribution >= 4 is 5.91 Å². The number of nitrogens with one attached hydrogen (secondary N) is 1. The van der Waals surface area contributed by atoms with Gasteiger partial charge in [0.2, 0.25) is 5.91 Å². The number of rotatable bonds is 3. The molecule has 1 amide bonds. The van der Waals surface area contributed by atoms with Crippen LogP contribution in [0.25, 0.3) is 0 Å². The van der Waals surface area contributed by atoms with E-state index in [0.29, 0.717) is 18.9 Å². The molecule has 1 saturated carbocycles. The fraction of sp³-hybridized carbons (Fsp3) is 0.733. The summed E-state index contributed by atoms with van der Waals surface area (Å²) in [6.07, 6.45) is 4.53. The van der Waals surface area contributed by atoms with Gasteiger partial charge in [0.1, 0.15) is 0 Å². The maximum atomic E-state index is 12.5. The zero-order valence-corrected chi connectivity index (χ0v) is 12.3. The third-order valence-electron chi connectivity index (χ3n) is 4.73. The molecule has 1 aromatic heterocycles. The van der Waals surface area contributed by atoms with Crippen molar-refractivity contribution in [1.29, 1.82) is 0 Å². The lowest BCUT2D eigenvalue weighted by molar-refractivity contribution is -0.142. The van der Waals surface area contributed by atoms with Crippen LogP contribution in [0.2, 0.25) is 0 Å². The van der Waals surface area contributed by atoms with E-state index in [1.807, 2.05) is 18.7 Å². The second kappa shape index (κ2) is 5.56. The normalized spacial score (nSPS) is 23.7. The van der Waals surface area contributed by atoms with Crippen LogP contribution in [0.4, 0.5) is 0 Å². The molecule has 1 atom stereocenters. The lowest BCUT2D eigenvalue weighted by atomic mass is 9.80. The molecular formula is C15H23N3O2. The van der Waals surface area contributed by atoms with Gasteiger partial charge in [-0.3, -0.25) is 9.89 Å². The first kappa shape index (κ1) is 13.6. The molecule has 0 spiro atoms. The highest BCUT2D eigenvalue weighted by molar-refractivity contribution is 5.79. The topological polar surface area (TPSA) is 58.2 Å². The Morgan fingerprint density at radius 3 is 2.85 bits per heavy atom. The highest BCUT2D eigenvalue weighted by atomic mass is 16.5. The molecule has 1 aliphatic carbocycles.